The number of hydrogen-bond donors (Lipinski definition) is 1. The van der Waals surface area contributed by atoms with Gasteiger partial charge in [0.15, 0.2) is 5.76 Å². The van der Waals surface area contributed by atoms with Crippen molar-refractivity contribution in [2.45, 2.75) is 32.9 Å². The highest BCUT2D eigenvalue weighted by atomic mass is 16.5. The summed E-state index contributed by atoms with van der Waals surface area (Å²) in [7, 11) is 0. The smallest absolute Gasteiger partial charge is 0.240 e. The number of nitrogens with one attached hydrogen (secondary N) is 1. The third-order valence-corrected chi connectivity index (χ3v) is 2.63. The first-order valence-electron chi connectivity index (χ1n) is 6.89. The predicted molar refractivity (Wildman–Crippen MR) is 74.1 cm³/mol. The molecule has 0 amide bonds. The van der Waals surface area contributed by atoms with Crippen molar-refractivity contribution in [2.75, 3.05) is 19.7 Å². The zero-order valence-corrected chi connectivity index (χ0v) is 12.0. The van der Waals surface area contributed by atoms with Crippen LogP contribution in [0.15, 0.2) is 22.8 Å². The molecule has 0 atom stereocenters. The zero-order chi connectivity index (χ0) is 14.2. The second kappa shape index (κ2) is 7.76. The Kier molecular flexibility index (Phi) is 5.69. The average Bonchev–Trinajstić information content (AvgIpc) is 3.08. The zero-order valence-electron chi connectivity index (χ0n) is 12.0. The van der Waals surface area contributed by atoms with Crippen molar-refractivity contribution >= 4 is 0 Å². The first-order chi connectivity index (χ1) is 9.75. The molecule has 0 aromatic carbocycles. The number of furan rings is 1. The average molecular weight is 279 g/mol. The predicted octanol–water partition coefficient (Wildman–Crippen LogP) is 1.34. The third kappa shape index (κ3) is 4.75. The summed E-state index contributed by atoms with van der Waals surface area (Å²) in [6, 6.07) is 3.62. The number of tetrazole rings is 1. The van der Waals surface area contributed by atoms with E-state index in [1.165, 1.54) is 0 Å². The van der Waals surface area contributed by atoms with Crippen molar-refractivity contribution in [1.29, 1.82) is 0 Å². The standard InChI is InChI=1S/C13H21N5O2/c1-11(2)19-10-4-6-14-7-8-18-16-13(15-17-18)12-5-3-9-20-12/h3,5,9,11,14H,4,6-8,10H2,1-2H3. The van der Waals surface area contributed by atoms with Crippen LogP contribution in [0.2, 0.25) is 0 Å². The molecule has 0 unspecified atom stereocenters. The monoisotopic (exact) mass is 279 g/mol. The van der Waals surface area contributed by atoms with Gasteiger partial charge in [-0.3, -0.25) is 0 Å². The topological polar surface area (TPSA) is 78.0 Å². The Morgan fingerprint density at radius 3 is 3.05 bits per heavy atom. The molecule has 0 fully saturated rings. The normalized spacial score (nSPS) is 11.3. The number of ether oxygens (including phenoxy) is 1. The van der Waals surface area contributed by atoms with Gasteiger partial charge in [0.2, 0.25) is 5.82 Å². The van der Waals surface area contributed by atoms with Gasteiger partial charge in [0.1, 0.15) is 0 Å². The Balaban J connectivity index is 1.60. The number of nitrogens with zero attached hydrogens (tertiary/aromatic N) is 4. The largest absolute Gasteiger partial charge is 0.461 e. The number of rotatable bonds is 9. The molecule has 0 spiro atoms. The second-order valence-electron chi connectivity index (χ2n) is 4.71. The maximum Gasteiger partial charge on any atom is 0.240 e. The van der Waals surface area contributed by atoms with Gasteiger partial charge in [0, 0.05) is 13.2 Å². The molecule has 2 aromatic rings. The lowest BCUT2D eigenvalue weighted by Gasteiger charge is -2.07. The van der Waals surface area contributed by atoms with E-state index in [-0.39, 0.29) is 0 Å². The minimum absolute atomic E-state index is 0.300. The van der Waals surface area contributed by atoms with Gasteiger partial charge in [-0.2, -0.15) is 4.80 Å². The first-order valence-corrected chi connectivity index (χ1v) is 6.89. The fourth-order valence-electron chi connectivity index (χ4n) is 1.66. The summed E-state index contributed by atoms with van der Waals surface area (Å²) in [5.41, 5.74) is 0. The van der Waals surface area contributed by atoms with Crippen molar-refractivity contribution in [1.82, 2.24) is 25.5 Å². The van der Waals surface area contributed by atoms with Crippen molar-refractivity contribution in [3.63, 3.8) is 0 Å². The summed E-state index contributed by atoms with van der Waals surface area (Å²) in [6.45, 7) is 7.27. The van der Waals surface area contributed by atoms with E-state index in [1.54, 1.807) is 17.1 Å². The lowest BCUT2D eigenvalue weighted by molar-refractivity contribution is 0.0770. The summed E-state index contributed by atoms with van der Waals surface area (Å²) in [4.78, 5) is 1.56. The highest BCUT2D eigenvalue weighted by Crippen LogP contribution is 2.12. The lowest BCUT2D eigenvalue weighted by Crippen LogP contribution is -2.23. The molecule has 0 radical (unpaired) electrons. The van der Waals surface area contributed by atoms with E-state index in [4.69, 9.17) is 9.15 Å². The van der Waals surface area contributed by atoms with Gasteiger partial charge in [-0.1, -0.05) is 0 Å². The molecule has 0 aliphatic rings. The summed E-state index contributed by atoms with van der Waals surface area (Å²) >= 11 is 0. The van der Waals surface area contributed by atoms with E-state index in [2.05, 4.69) is 20.7 Å². The molecule has 2 aromatic heterocycles. The molecule has 0 saturated carbocycles. The SMILES string of the molecule is CC(C)OCCCNCCn1nnc(-c2ccco2)n1. The number of hydrogen-bond acceptors (Lipinski definition) is 6. The van der Waals surface area contributed by atoms with Crippen LogP contribution in [0.25, 0.3) is 11.6 Å². The Hall–Kier alpha value is -1.73. The van der Waals surface area contributed by atoms with E-state index < -0.39 is 0 Å². The maximum absolute atomic E-state index is 5.46. The minimum atomic E-state index is 0.300. The molecule has 20 heavy (non-hydrogen) atoms. The Morgan fingerprint density at radius 1 is 1.40 bits per heavy atom. The van der Waals surface area contributed by atoms with Crippen LogP contribution in [0.1, 0.15) is 20.3 Å². The van der Waals surface area contributed by atoms with Gasteiger partial charge in [-0.25, -0.2) is 0 Å². The Bertz CT molecular complexity index is 481. The van der Waals surface area contributed by atoms with Gasteiger partial charge in [-0.05, 0) is 44.2 Å². The first kappa shape index (κ1) is 14.7. The van der Waals surface area contributed by atoms with E-state index in [9.17, 15) is 0 Å². The van der Waals surface area contributed by atoms with Crippen LogP contribution in [0.4, 0.5) is 0 Å². The Labute approximate surface area is 118 Å². The molecule has 0 saturated heterocycles. The summed E-state index contributed by atoms with van der Waals surface area (Å²) < 4.78 is 10.7. The molecule has 7 nitrogen and oxygen atoms in total. The van der Waals surface area contributed by atoms with E-state index in [0.29, 0.717) is 24.2 Å². The molecule has 7 heteroatoms. The Morgan fingerprint density at radius 2 is 2.30 bits per heavy atom. The molecule has 1 N–H and O–H groups in total. The van der Waals surface area contributed by atoms with Crippen LogP contribution in [-0.4, -0.2) is 46.0 Å². The van der Waals surface area contributed by atoms with Crippen molar-refractivity contribution in [2.24, 2.45) is 0 Å². The number of aromatic nitrogens is 4. The molecule has 0 bridgehead atoms. The quantitative estimate of drug-likeness (QED) is 0.698. The molecule has 0 aliphatic heterocycles. The van der Waals surface area contributed by atoms with Crippen molar-refractivity contribution in [3.05, 3.63) is 18.4 Å². The second-order valence-corrected chi connectivity index (χ2v) is 4.71. The van der Waals surface area contributed by atoms with Crippen molar-refractivity contribution in [3.8, 4) is 11.6 Å². The highest BCUT2D eigenvalue weighted by Gasteiger charge is 2.07. The molecular formula is C13H21N5O2. The van der Waals surface area contributed by atoms with Crippen LogP contribution < -0.4 is 5.32 Å². The summed E-state index contributed by atoms with van der Waals surface area (Å²) in [6.07, 6.45) is 2.90. The van der Waals surface area contributed by atoms with E-state index >= 15 is 0 Å². The maximum atomic E-state index is 5.46. The fourth-order valence-corrected chi connectivity index (χ4v) is 1.66. The van der Waals surface area contributed by atoms with E-state index in [0.717, 1.165) is 26.1 Å². The van der Waals surface area contributed by atoms with Crippen LogP contribution in [0.5, 0.6) is 0 Å². The molecule has 2 heterocycles. The molecule has 2 rings (SSSR count). The fraction of sp³-hybridized carbons (Fsp3) is 0.615. The van der Waals surface area contributed by atoms with Gasteiger partial charge in [0.25, 0.3) is 0 Å². The van der Waals surface area contributed by atoms with Crippen LogP contribution in [0, 0.1) is 0 Å². The van der Waals surface area contributed by atoms with Gasteiger partial charge in [-0.15, -0.1) is 10.2 Å². The van der Waals surface area contributed by atoms with Crippen LogP contribution in [-0.2, 0) is 11.3 Å². The van der Waals surface area contributed by atoms with E-state index in [1.807, 2.05) is 19.9 Å². The van der Waals surface area contributed by atoms with Gasteiger partial charge in [0.05, 0.1) is 18.9 Å². The highest BCUT2D eigenvalue weighted by molar-refractivity contribution is 5.43. The summed E-state index contributed by atoms with van der Waals surface area (Å²) in [5.74, 6) is 1.15. The van der Waals surface area contributed by atoms with Gasteiger partial charge < -0.3 is 14.5 Å². The van der Waals surface area contributed by atoms with Crippen molar-refractivity contribution < 1.29 is 9.15 Å². The third-order valence-electron chi connectivity index (χ3n) is 2.63. The minimum Gasteiger partial charge on any atom is -0.461 e. The molecule has 0 aliphatic carbocycles. The van der Waals surface area contributed by atoms with Gasteiger partial charge >= 0.3 is 0 Å². The lowest BCUT2D eigenvalue weighted by atomic mass is 10.4. The van der Waals surface area contributed by atoms with Crippen LogP contribution >= 0.6 is 0 Å². The molecular weight excluding hydrogens is 258 g/mol. The molecule has 110 valence electrons. The van der Waals surface area contributed by atoms with Crippen LogP contribution in [0.3, 0.4) is 0 Å². The summed E-state index contributed by atoms with van der Waals surface area (Å²) in [5, 5.41) is 15.5.